The third-order valence-corrected chi connectivity index (χ3v) is 3.12. The average molecular weight is 258 g/mol. The van der Waals surface area contributed by atoms with E-state index in [9.17, 15) is 0 Å². The number of ether oxygens (including phenoxy) is 2. The van der Waals surface area contributed by atoms with Crippen molar-refractivity contribution in [3.63, 3.8) is 0 Å². The average Bonchev–Trinajstić information content (AvgIpc) is 2.34. The molecule has 0 radical (unpaired) electrons. The Labute approximate surface area is 105 Å². The first-order chi connectivity index (χ1) is 8.19. The van der Waals surface area contributed by atoms with Crippen molar-refractivity contribution in [3.05, 3.63) is 11.5 Å². The van der Waals surface area contributed by atoms with Crippen molar-refractivity contribution in [2.24, 2.45) is 0 Å². The highest BCUT2D eigenvalue weighted by Gasteiger charge is 2.24. The summed E-state index contributed by atoms with van der Waals surface area (Å²) in [6.45, 7) is 0. The van der Waals surface area contributed by atoms with Gasteiger partial charge in [-0.3, -0.25) is 0 Å². The van der Waals surface area contributed by atoms with Crippen molar-refractivity contribution in [2.45, 2.75) is 37.9 Å². The molecule has 2 atom stereocenters. The molecule has 0 aromatic carbocycles. The summed E-state index contributed by atoms with van der Waals surface area (Å²) in [5.41, 5.74) is 6.14. The molecule has 1 fully saturated rings. The summed E-state index contributed by atoms with van der Waals surface area (Å²) >= 11 is 5.71. The van der Waals surface area contributed by atoms with E-state index < -0.39 is 0 Å². The summed E-state index contributed by atoms with van der Waals surface area (Å²) in [6.07, 6.45) is 5.81. The van der Waals surface area contributed by atoms with Crippen LogP contribution in [0.25, 0.3) is 0 Å². The fraction of sp³-hybridized carbons (Fsp3) is 0.636. The van der Waals surface area contributed by atoms with Crippen molar-refractivity contribution in [3.8, 4) is 5.88 Å². The third kappa shape index (κ3) is 3.20. The van der Waals surface area contributed by atoms with Gasteiger partial charge in [-0.15, -0.1) is 0 Å². The number of nitrogens with zero attached hydrogens (tertiary/aromatic N) is 2. The fourth-order valence-electron chi connectivity index (χ4n) is 2.03. The summed E-state index contributed by atoms with van der Waals surface area (Å²) in [4.78, 5) is 7.77. The van der Waals surface area contributed by atoms with Gasteiger partial charge in [0.15, 0.2) is 0 Å². The van der Waals surface area contributed by atoms with Gasteiger partial charge in [0, 0.05) is 13.5 Å². The Kier molecular flexibility index (Phi) is 4.02. The van der Waals surface area contributed by atoms with Crippen LogP contribution in [-0.4, -0.2) is 29.3 Å². The Morgan fingerprint density at radius 2 is 2.18 bits per heavy atom. The van der Waals surface area contributed by atoms with Crippen molar-refractivity contribution < 1.29 is 9.47 Å². The molecule has 2 N–H and O–H groups in total. The molecule has 1 saturated carbocycles. The number of nitrogens with two attached hydrogens (primary N) is 1. The van der Waals surface area contributed by atoms with Crippen LogP contribution >= 0.6 is 11.6 Å². The van der Waals surface area contributed by atoms with E-state index >= 15 is 0 Å². The smallest absolute Gasteiger partial charge is 0.241 e. The first kappa shape index (κ1) is 12.4. The summed E-state index contributed by atoms with van der Waals surface area (Å²) in [6, 6.07) is 0. The fourth-order valence-corrected chi connectivity index (χ4v) is 2.16. The number of anilines is 1. The standard InChI is InChI=1S/C11H16ClN3O2/c1-16-7-3-2-4-8(5-7)17-10-9(13)6-14-11(12)15-10/h6-8H,2-5,13H2,1H3. The Hall–Kier alpha value is -1.07. The second-order valence-electron chi connectivity index (χ2n) is 4.16. The molecule has 2 unspecified atom stereocenters. The minimum Gasteiger partial charge on any atom is -0.473 e. The Balaban J connectivity index is 2.02. The highest BCUT2D eigenvalue weighted by atomic mass is 35.5. The van der Waals surface area contributed by atoms with Crippen LogP contribution in [0.3, 0.4) is 0 Å². The summed E-state index contributed by atoms with van der Waals surface area (Å²) in [7, 11) is 1.73. The molecule has 1 heterocycles. The van der Waals surface area contributed by atoms with E-state index in [0.29, 0.717) is 11.6 Å². The van der Waals surface area contributed by atoms with Gasteiger partial charge >= 0.3 is 0 Å². The lowest BCUT2D eigenvalue weighted by molar-refractivity contribution is 0.0197. The molecule has 94 valence electrons. The van der Waals surface area contributed by atoms with Crippen LogP contribution in [-0.2, 0) is 4.74 Å². The van der Waals surface area contributed by atoms with E-state index in [0.717, 1.165) is 25.7 Å². The van der Waals surface area contributed by atoms with Crippen LogP contribution in [0.15, 0.2) is 6.20 Å². The molecule has 1 aliphatic carbocycles. The molecule has 5 nitrogen and oxygen atoms in total. The minimum atomic E-state index is 0.0852. The van der Waals surface area contributed by atoms with Crippen molar-refractivity contribution in [1.29, 1.82) is 0 Å². The maximum absolute atomic E-state index is 5.76. The van der Waals surface area contributed by atoms with Gasteiger partial charge in [-0.05, 0) is 30.9 Å². The highest BCUT2D eigenvalue weighted by molar-refractivity contribution is 6.28. The second kappa shape index (κ2) is 5.51. The number of hydrogen-bond acceptors (Lipinski definition) is 5. The lowest BCUT2D eigenvalue weighted by atomic mass is 9.95. The number of nitrogen functional groups attached to an aromatic ring is 1. The predicted octanol–water partition coefficient (Wildman–Crippen LogP) is 2.05. The van der Waals surface area contributed by atoms with Gasteiger partial charge in [0.25, 0.3) is 0 Å². The lowest BCUT2D eigenvalue weighted by Gasteiger charge is -2.28. The topological polar surface area (TPSA) is 70.3 Å². The number of hydrogen-bond donors (Lipinski definition) is 1. The quantitative estimate of drug-likeness (QED) is 0.840. The second-order valence-corrected chi connectivity index (χ2v) is 4.50. The lowest BCUT2D eigenvalue weighted by Crippen LogP contribution is -2.30. The largest absolute Gasteiger partial charge is 0.473 e. The van der Waals surface area contributed by atoms with Gasteiger partial charge in [0.1, 0.15) is 11.8 Å². The monoisotopic (exact) mass is 257 g/mol. The maximum atomic E-state index is 5.76. The molecular formula is C11H16ClN3O2. The Morgan fingerprint density at radius 3 is 2.94 bits per heavy atom. The summed E-state index contributed by atoms with van der Waals surface area (Å²) < 4.78 is 11.1. The zero-order valence-corrected chi connectivity index (χ0v) is 10.5. The van der Waals surface area contributed by atoms with E-state index in [1.165, 1.54) is 6.20 Å². The van der Waals surface area contributed by atoms with Crippen molar-refractivity contribution in [2.75, 3.05) is 12.8 Å². The van der Waals surface area contributed by atoms with E-state index in [1.807, 2.05) is 0 Å². The molecule has 0 amide bonds. The highest BCUT2D eigenvalue weighted by Crippen LogP contribution is 2.27. The van der Waals surface area contributed by atoms with E-state index in [2.05, 4.69) is 9.97 Å². The number of aromatic nitrogens is 2. The van der Waals surface area contributed by atoms with Crippen LogP contribution < -0.4 is 10.5 Å². The SMILES string of the molecule is COC1CCCC(Oc2nc(Cl)ncc2N)C1. The molecule has 1 aromatic heterocycles. The number of halogens is 1. The van der Waals surface area contributed by atoms with Crippen molar-refractivity contribution >= 4 is 17.3 Å². The molecule has 2 rings (SSSR count). The molecule has 1 aliphatic rings. The molecule has 0 saturated heterocycles. The van der Waals surface area contributed by atoms with E-state index in [4.69, 9.17) is 26.8 Å². The van der Waals surface area contributed by atoms with Crippen LogP contribution in [0.2, 0.25) is 5.28 Å². The predicted molar refractivity (Wildman–Crippen MR) is 65.1 cm³/mol. The van der Waals surface area contributed by atoms with Gasteiger partial charge in [0.2, 0.25) is 11.2 Å². The van der Waals surface area contributed by atoms with Gasteiger partial charge in [-0.2, -0.15) is 4.98 Å². The Morgan fingerprint density at radius 1 is 1.41 bits per heavy atom. The van der Waals surface area contributed by atoms with Crippen molar-refractivity contribution in [1.82, 2.24) is 9.97 Å². The third-order valence-electron chi connectivity index (χ3n) is 2.94. The molecule has 0 bridgehead atoms. The van der Waals surface area contributed by atoms with Crippen LogP contribution in [0.1, 0.15) is 25.7 Å². The summed E-state index contributed by atoms with van der Waals surface area (Å²) in [5.74, 6) is 0.367. The van der Waals surface area contributed by atoms with Crippen LogP contribution in [0.4, 0.5) is 5.69 Å². The van der Waals surface area contributed by atoms with Crippen LogP contribution in [0.5, 0.6) is 5.88 Å². The number of rotatable bonds is 3. The minimum absolute atomic E-state index is 0.0852. The van der Waals surface area contributed by atoms with E-state index in [1.54, 1.807) is 7.11 Å². The zero-order valence-electron chi connectivity index (χ0n) is 9.73. The Bertz CT molecular complexity index is 389. The zero-order chi connectivity index (χ0) is 12.3. The molecule has 1 aromatic rings. The van der Waals surface area contributed by atoms with Gasteiger partial charge in [-0.1, -0.05) is 0 Å². The van der Waals surface area contributed by atoms with Crippen LogP contribution in [0, 0.1) is 0 Å². The van der Waals surface area contributed by atoms with Gasteiger partial charge in [-0.25, -0.2) is 4.98 Å². The molecule has 6 heteroatoms. The molecule has 0 spiro atoms. The number of methoxy groups -OCH3 is 1. The molecule has 17 heavy (non-hydrogen) atoms. The normalized spacial score (nSPS) is 24.6. The molecular weight excluding hydrogens is 242 g/mol. The molecule has 0 aliphatic heterocycles. The van der Waals surface area contributed by atoms with E-state index in [-0.39, 0.29) is 17.5 Å². The van der Waals surface area contributed by atoms with Gasteiger partial charge < -0.3 is 15.2 Å². The first-order valence-corrected chi connectivity index (χ1v) is 6.04. The van der Waals surface area contributed by atoms with Gasteiger partial charge in [0.05, 0.1) is 12.3 Å². The first-order valence-electron chi connectivity index (χ1n) is 5.66. The summed E-state index contributed by atoms with van der Waals surface area (Å²) in [5, 5.41) is 0.147. The maximum Gasteiger partial charge on any atom is 0.241 e.